The van der Waals surface area contributed by atoms with E-state index in [-0.39, 0.29) is 0 Å². The van der Waals surface area contributed by atoms with Crippen LogP contribution in [0, 0.1) is 0 Å². The molecule has 0 aliphatic heterocycles. The fourth-order valence-electron chi connectivity index (χ4n) is 1.52. The molecule has 0 saturated carbocycles. The number of aliphatic imine (C=N–C) groups is 1. The molecular formula is C11H15N5OS. The molecule has 0 spiro atoms. The molecule has 2 heterocycles. The first kappa shape index (κ1) is 12.6. The van der Waals surface area contributed by atoms with Gasteiger partial charge in [0.1, 0.15) is 17.0 Å². The number of guanidine groups is 1. The first-order chi connectivity index (χ1) is 8.79. The molecule has 6 nitrogen and oxygen atoms in total. The SMILES string of the molecule is CN=C(NCc1nccs1)N(C)Cc1ccon1. The summed E-state index contributed by atoms with van der Waals surface area (Å²) in [5.41, 5.74) is 0.870. The first-order valence-electron chi connectivity index (χ1n) is 5.49. The summed E-state index contributed by atoms with van der Waals surface area (Å²) in [6, 6.07) is 1.84. The fourth-order valence-corrected chi connectivity index (χ4v) is 2.07. The van der Waals surface area contributed by atoms with Gasteiger partial charge in [0.25, 0.3) is 0 Å². The highest BCUT2D eigenvalue weighted by atomic mass is 32.1. The van der Waals surface area contributed by atoms with E-state index >= 15 is 0 Å². The average molecular weight is 265 g/mol. The first-order valence-corrected chi connectivity index (χ1v) is 6.37. The number of aromatic nitrogens is 2. The van der Waals surface area contributed by atoms with E-state index in [1.54, 1.807) is 30.8 Å². The lowest BCUT2D eigenvalue weighted by atomic mass is 10.4. The zero-order valence-corrected chi connectivity index (χ0v) is 11.1. The Kier molecular flexibility index (Phi) is 4.30. The minimum Gasteiger partial charge on any atom is -0.364 e. The molecule has 2 aromatic heterocycles. The third-order valence-corrected chi connectivity index (χ3v) is 3.12. The van der Waals surface area contributed by atoms with Gasteiger partial charge in [-0.2, -0.15) is 0 Å². The smallest absolute Gasteiger partial charge is 0.194 e. The predicted octanol–water partition coefficient (Wildman–Crippen LogP) is 1.34. The van der Waals surface area contributed by atoms with Crippen molar-refractivity contribution in [1.29, 1.82) is 0 Å². The van der Waals surface area contributed by atoms with Crippen molar-refractivity contribution in [2.45, 2.75) is 13.1 Å². The Bertz CT molecular complexity index is 480. The lowest BCUT2D eigenvalue weighted by Crippen LogP contribution is -2.38. The van der Waals surface area contributed by atoms with Crippen LogP contribution in [0.4, 0.5) is 0 Å². The fraction of sp³-hybridized carbons (Fsp3) is 0.364. The summed E-state index contributed by atoms with van der Waals surface area (Å²) in [6.45, 7) is 1.32. The van der Waals surface area contributed by atoms with Crippen LogP contribution in [-0.2, 0) is 13.1 Å². The molecule has 0 amide bonds. The molecule has 0 saturated heterocycles. The zero-order valence-electron chi connectivity index (χ0n) is 10.3. The molecule has 0 fully saturated rings. The second-order valence-corrected chi connectivity index (χ2v) is 4.65. The molecule has 7 heteroatoms. The maximum absolute atomic E-state index is 4.80. The monoisotopic (exact) mass is 265 g/mol. The second-order valence-electron chi connectivity index (χ2n) is 3.67. The number of thiazole rings is 1. The van der Waals surface area contributed by atoms with E-state index in [0.717, 1.165) is 16.7 Å². The molecule has 1 N–H and O–H groups in total. The van der Waals surface area contributed by atoms with Gasteiger partial charge in [-0.3, -0.25) is 4.99 Å². The summed E-state index contributed by atoms with van der Waals surface area (Å²) in [5.74, 6) is 0.799. The molecule has 96 valence electrons. The lowest BCUT2D eigenvalue weighted by molar-refractivity contribution is 0.391. The number of nitrogens with zero attached hydrogens (tertiary/aromatic N) is 4. The van der Waals surface area contributed by atoms with Gasteiger partial charge in [-0.1, -0.05) is 5.16 Å². The van der Waals surface area contributed by atoms with Gasteiger partial charge in [-0.05, 0) is 0 Å². The van der Waals surface area contributed by atoms with Crippen molar-refractivity contribution in [2.24, 2.45) is 4.99 Å². The summed E-state index contributed by atoms with van der Waals surface area (Å²) in [5, 5.41) is 10.1. The third kappa shape index (κ3) is 3.30. The Labute approximate surface area is 109 Å². The molecule has 0 radical (unpaired) electrons. The molecule has 0 bridgehead atoms. The maximum Gasteiger partial charge on any atom is 0.194 e. The standard InChI is InChI=1S/C11H15N5OS/c1-12-11(14-7-10-13-4-6-18-10)16(2)8-9-3-5-17-15-9/h3-6H,7-8H2,1-2H3,(H,12,14). The van der Waals surface area contributed by atoms with Crippen LogP contribution in [0.1, 0.15) is 10.7 Å². The molecule has 2 rings (SSSR count). The number of hydrogen-bond acceptors (Lipinski definition) is 5. The van der Waals surface area contributed by atoms with Gasteiger partial charge in [0.05, 0.1) is 13.1 Å². The zero-order chi connectivity index (χ0) is 12.8. The largest absolute Gasteiger partial charge is 0.364 e. The van der Waals surface area contributed by atoms with Crippen LogP contribution in [0.2, 0.25) is 0 Å². The van der Waals surface area contributed by atoms with Crippen molar-refractivity contribution in [3.05, 3.63) is 34.6 Å². The summed E-state index contributed by atoms with van der Waals surface area (Å²) >= 11 is 1.62. The molecule has 0 atom stereocenters. The van der Waals surface area contributed by atoms with Crippen LogP contribution in [-0.4, -0.2) is 35.1 Å². The van der Waals surface area contributed by atoms with Crippen LogP contribution in [0.5, 0.6) is 0 Å². The molecule has 2 aromatic rings. The molecule has 0 unspecified atom stereocenters. The summed E-state index contributed by atoms with van der Waals surface area (Å²) < 4.78 is 4.80. The van der Waals surface area contributed by atoms with Gasteiger partial charge in [0.2, 0.25) is 0 Å². The van der Waals surface area contributed by atoms with Crippen LogP contribution in [0.25, 0.3) is 0 Å². The van der Waals surface area contributed by atoms with Gasteiger partial charge in [0.15, 0.2) is 5.96 Å². The van der Waals surface area contributed by atoms with E-state index in [4.69, 9.17) is 4.52 Å². The third-order valence-electron chi connectivity index (χ3n) is 2.34. The van der Waals surface area contributed by atoms with Gasteiger partial charge in [-0.15, -0.1) is 11.3 Å². The Hall–Kier alpha value is -1.89. The second kappa shape index (κ2) is 6.15. The summed E-state index contributed by atoms with van der Waals surface area (Å²) in [7, 11) is 3.70. The van der Waals surface area contributed by atoms with Crippen molar-refractivity contribution < 1.29 is 4.52 Å². The highest BCUT2D eigenvalue weighted by Crippen LogP contribution is 2.04. The maximum atomic E-state index is 4.80. The van der Waals surface area contributed by atoms with Crippen LogP contribution >= 0.6 is 11.3 Å². The Morgan fingerprint density at radius 1 is 1.61 bits per heavy atom. The van der Waals surface area contributed by atoms with Crippen LogP contribution < -0.4 is 5.32 Å². The van der Waals surface area contributed by atoms with Crippen molar-refractivity contribution in [3.8, 4) is 0 Å². The number of hydrogen-bond donors (Lipinski definition) is 1. The number of rotatable bonds is 4. The highest BCUT2D eigenvalue weighted by Gasteiger charge is 2.08. The van der Waals surface area contributed by atoms with E-state index in [1.165, 1.54) is 0 Å². The van der Waals surface area contributed by atoms with Crippen molar-refractivity contribution >= 4 is 17.3 Å². The number of nitrogens with one attached hydrogen (secondary N) is 1. The minimum absolute atomic E-state index is 0.647. The average Bonchev–Trinajstić information content (AvgIpc) is 3.02. The summed E-state index contributed by atoms with van der Waals surface area (Å²) in [6.07, 6.45) is 3.36. The van der Waals surface area contributed by atoms with E-state index < -0.39 is 0 Å². The Morgan fingerprint density at radius 3 is 3.11 bits per heavy atom. The molecule has 0 aliphatic carbocycles. The lowest BCUT2D eigenvalue weighted by Gasteiger charge is -2.20. The van der Waals surface area contributed by atoms with Crippen LogP contribution in [0.15, 0.2) is 33.4 Å². The molecule has 18 heavy (non-hydrogen) atoms. The van der Waals surface area contributed by atoms with Crippen molar-refractivity contribution in [2.75, 3.05) is 14.1 Å². The van der Waals surface area contributed by atoms with Gasteiger partial charge in [-0.25, -0.2) is 4.98 Å². The molecular weight excluding hydrogens is 250 g/mol. The predicted molar refractivity (Wildman–Crippen MR) is 70.3 cm³/mol. The van der Waals surface area contributed by atoms with E-state index in [9.17, 15) is 0 Å². The van der Waals surface area contributed by atoms with Crippen molar-refractivity contribution in [1.82, 2.24) is 20.4 Å². The van der Waals surface area contributed by atoms with Gasteiger partial charge < -0.3 is 14.7 Å². The highest BCUT2D eigenvalue weighted by molar-refractivity contribution is 7.09. The molecule has 0 aliphatic rings. The van der Waals surface area contributed by atoms with E-state index in [0.29, 0.717) is 13.1 Å². The quantitative estimate of drug-likeness (QED) is 0.667. The Balaban J connectivity index is 1.88. The van der Waals surface area contributed by atoms with E-state index in [2.05, 4.69) is 20.4 Å². The summed E-state index contributed by atoms with van der Waals surface area (Å²) in [4.78, 5) is 10.4. The van der Waals surface area contributed by atoms with Gasteiger partial charge >= 0.3 is 0 Å². The normalized spacial score (nSPS) is 11.6. The van der Waals surface area contributed by atoms with Crippen LogP contribution in [0.3, 0.4) is 0 Å². The molecule has 0 aromatic carbocycles. The Morgan fingerprint density at radius 2 is 2.50 bits per heavy atom. The van der Waals surface area contributed by atoms with E-state index in [1.807, 2.05) is 23.4 Å². The van der Waals surface area contributed by atoms with Gasteiger partial charge in [0, 0.05) is 31.7 Å². The minimum atomic E-state index is 0.647. The van der Waals surface area contributed by atoms with Crippen molar-refractivity contribution in [3.63, 3.8) is 0 Å². The topological polar surface area (TPSA) is 66.6 Å².